The Morgan fingerprint density at radius 1 is 0.967 bits per heavy atom. The molecular weight excluding hydrogens is 370 g/mol. The molecule has 0 amide bonds. The summed E-state index contributed by atoms with van der Waals surface area (Å²) < 4.78 is 6.04. The molecule has 2 saturated carbocycles. The summed E-state index contributed by atoms with van der Waals surface area (Å²) in [5.74, 6) is 3.44. The molecule has 0 unspecified atom stereocenters. The second kappa shape index (κ2) is 8.55. The average Bonchev–Trinajstić information content (AvgIpc) is 3.42. The van der Waals surface area contributed by atoms with Crippen LogP contribution in [-0.4, -0.2) is 36.4 Å². The van der Waals surface area contributed by atoms with Gasteiger partial charge in [0.25, 0.3) is 0 Å². The van der Waals surface area contributed by atoms with Crippen LogP contribution in [0.2, 0.25) is 0 Å². The predicted molar refractivity (Wildman–Crippen MR) is 120 cm³/mol. The third kappa shape index (κ3) is 4.05. The number of fused-ring (bicyclic) bond motifs is 2. The molecule has 0 spiro atoms. The summed E-state index contributed by atoms with van der Waals surface area (Å²) in [6.45, 7) is 4.54. The summed E-state index contributed by atoms with van der Waals surface area (Å²) in [4.78, 5) is 15.3. The van der Waals surface area contributed by atoms with Gasteiger partial charge in [-0.2, -0.15) is 0 Å². The van der Waals surface area contributed by atoms with Crippen LogP contribution in [0.5, 0.6) is 5.75 Å². The number of likely N-dealkylation sites (tertiary alicyclic amines) is 1. The van der Waals surface area contributed by atoms with Crippen LogP contribution in [0.1, 0.15) is 65.9 Å². The number of para-hydroxylation sites is 1. The zero-order valence-corrected chi connectivity index (χ0v) is 18.1. The van der Waals surface area contributed by atoms with Crippen molar-refractivity contribution < 1.29 is 9.53 Å². The first-order chi connectivity index (χ1) is 14.7. The lowest BCUT2D eigenvalue weighted by Crippen LogP contribution is -2.43. The second-order valence-electron chi connectivity index (χ2n) is 9.67. The summed E-state index contributed by atoms with van der Waals surface area (Å²) in [7, 11) is 0. The molecule has 3 fully saturated rings. The SMILES string of the molecule is Cc1ccc(C(=O)COc2ccccc2C2CCN([C@H]3C[C@H]4CC[C@H]3C4)CC2)cc1. The van der Waals surface area contributed by atoms with Crippen molar-refractivity contribution in [3.8, 4) is 5.75 Å². The maximum atomic E-state index is 12.5. The van der Waals surface area contributed by atoms with E-state index in [0.717, 1.165) is 34.8 Å². The molecule has 3 heteroatoms. The largest absolute Gasteiger partial charge is 0.485 e. The molecule has 0 N–H and O–H groups in total. The van der Waals surface area contributed by atoms with E-state index in [1.165, 1.54) is 57.2 Å². The fourth-order valence-electron chi connectivity index (χ4n) is 6.12. The molecule has 0 aromatic heterocycles. The van der Waals surface area contributed by atoms with Crippen molar-refractivity contribution in [1.29, 1.82) is 0 Å². The third-order valence-corrected chi connectivity index (χ3v) is 7.79. The Hall–Kier alpha value is -2.13. The van der Waals surface area contributed by atoms with Gasteiger partial charge in [-0.15, -0.1) is 0 Å². The van der Waals surface area contributed by atoms with E-state index in [4.69, 9.17) is 4.74 Å². The number of piperidine rings is 1. The molecule has 3 nitrogen and oxygen atoms in total. The molecule has 158 valence electrons. The highest BCUT2D eigenvalue weighted by molar-refractivity contribution is 5.97. The quantitative estimate of drug-likeness (QED) is 0.586. The van der Waals surface area contributed by atoms with Crippen molar-refractivity contribution in [1.82, 2.24) is 4.90 Å². The van der Waals surface area contributed by atoms with Gasteiger partial charge >= 0.3 is 0 Å². The highest BCUT2D eigenvalue weighted by Crippen LogP contribution is 2.47. The first kappa shape index (κ1) is 19.8. The van der Waals surface area contributed by atoms with Gasteiger partial charge in [0.1, 0.15) is 5.75 Å². The van der Waals surface area contributed by atoms with Crippen molar-refractivity contribution in [2.24, 2.45) is 11.8 Å². The lowest BCUT2D eigenvalue weighted by Gasteiger charge is -2.40. The van der Waals surface area contributed by atoms with Crippen molar-refractivity contribution in [2.75, 3.05) is 19.7 Å². The van der Waals surface area contributed by atoms with E-state index in [-0.39, 0.29) is 12.4 Å². The molecule has 1 saturated heterocycles. The fraction of sp³-hybridized carbons (Fsp3) is 0.519. The summed E-state index contributed by atoms with van der Waals surface area (Å²) in [6, 6.07) is 16.9. The van der Waals surface area contributed by atoms with E-state index in [1.54, 1.807) is 0 Å². The van der Waals surface area contributed by atoms with E-state index in [0.29, 0.717) is 5.92 Å². The fourth-order valence-corrected chi connectivity index (χ4v) is 6.12. The number of hydrogen-bond donors (Lipinski definition) is 0. The van der Waals surface area contributed by atoms with E-state index in [1.807, 2.05) is 43.3 Å². The number of ether oxygens (including phenoxy) is 1. The first-order valence-corrected chi connectivity index (χ1v) is 11.7. The maximum absolute atomic E-state index is 12.5. The van der Waals surface area contributed by atoms with Gasteiger partial charge in [0, 0.05) is 11.6 Å². The van der Waals surface area contributed by atoms with E-state index >= 15 is 0 Å². The van der Waals surface area contributed by atoms with E-state index in [9.17, 15) is 4.79 Å². The van der Waals surface area contributed by atoms with Crippen LogP contribution >= 0.6 is 0 Å². The number of nitrogens with zero attached hydrogens (tertiary/aromatic N) is 1. The minimum Gasteiger partial charge on any atom is -0.485 e. The predicted octanol–water partition coefficient (Wildman–Crippen LogP) is 5.62. The molecule has 1 heterocycles. The Bertz CT molecular complexity index is 882. The number of carbonyl (C=O) groups is 1. The van der Waals surface area contributed by atoms with Gasteiger partial charge in [-0.3, -0.25) is 4.79 Å². The number of carbonyl (C=O) groups excluding carboxylic acids is 1. The Labute approximate surface area is 180 Å². The van der Waals surface area contributed by atoms with Crippen LogP contribution in [0.4, 0.5) is 0 Å². The molecule has 0 radical (unpaired) electrons. The third-order valence-electron chi connectivity index (χ3n) is 7.79. The summed E-state index contributed by atoms with van der Waals surface area (Å²) >= 11 is 0. The van der Waals surface area contributed by atoms with Gasteiger partial charge in [0.05, 0.1) is 0 Å². The minimum absolute atomic E-state index is 0.0379. The number of aryl methyl sites for hydroxylation is 1. The highest BCUT2D eigenvalue weighted by Gasteiger charge is 2.43. The number of benzene rings is 2. The summed E-state index contributed by atoms with van der Waals surface area (Å²) in [5, 5.41) is 0. The van der Waals surface area contributed by atoms with Crippen LogP contribution in [-0.2, 0) is 0 Å². The number of Topliss-reactive ketones (excluding diaryl/α,β-unsaturated/α-hetero) is 1. The zero-order chi connectivity index (χ0) is 20.5. The van der Waals surface area contributed by atoms with Gasteiger partial charge < -0.3 is 9.64 Å². The van der Waals surface area contributed by atoms with Crippen molar-refractivity contribution in [2.45, 2.75) is 57.4 Å². The van der Waals surface area contributed by atoms with Gasteiger partial charge in [-0.1, -0.05) is 54.4 Å². The summed E-state index contributed by atoms with van der Waals surface area (Å²) in [5.41, 5.74) is 3.16. The Balaban J connectivity index is 1.20. The van der Waals surface area contributed by atoms with Gasteiger partial charge in [0.2, 0.25) is 0 Å². The molecule has 2 bridgehead atoms. The van der Waals surface area contributed by atoms with E-state index < -0.39 is 0 Å². The molecule has 3 aliphatic rings. The molecule has 3 atom stereocenters. The van der Waals surface area contributed by atoms with Crippen LogP contribution < -0.4 is 4.74 Å². The maximum Gasteiger partial charge on any atom is 0.200 e. The standard InChI is InChI=1S/C27H33NO2/c1-19-6-9-22(10-7-19)26(29)18-30-27-5-3-2-4-24(27)21-12-14-28(15-13-21)25-17-20-8-11-23(25)16-20/h2-7,9-10,20-21,23,25H,8,11-18H2,1H3/t20-,23-,25-/m0/s1. The Morgan fingerprint density at radius 2 is 1.73 bits per heavy atom. The lowest BCUT2D eigenvalue weighted by molar-refractivity contribution is 0.0917. The Kier molecular flexibility index (Phi) is 5.64. The van der Waals surface area contributed by atoms with Gasteiger partial charge in [-0.25, -0.2) is 0 Å². The lowest BCUT2D eigenvalue weighted by atomic mass is 9.86. The smallest absolute Gasteiger partial charge is 0.200 e. The Morgan fingerprint density at radius 3 is 2.43 bits per heavy atom. The molecule has 1 aliphatic heterocycles. The average molecular weight is 404 g/mol. The normalized spacial score (nSPS) is 26.8. The van der Waals surface area contributed by atoms with Crippen LogP contribution in [0.3, 0.4) is 0 Å². The van der Waals surface area contributed by atoms with Crippen molar-refractivity contribution in [3.63, 3.8) is 0 Å². The van der Waals surface area contributed by atoms with Crippen LogP contribution in [0.15, 0.2) is 48.5 Å². The molecule has 30 heavy (non-hydrogen) atoms. The first-order valence-electron chi connectivity index (χ1n) is 11.7. The zero-order valence-electron chi connectivity index (χ0n) is 18.1. The molecule has 2 aliphatic carbocycles. The molecule has 2 aromatic carbocycles. The minimum atomic E-state index is 0.0379. The molecule has 2 aromatic rings. The molecule has 5 rings (SSSR count). The number of rotatable bonds is 6. The van der Waals surface area contributed by atoms with Gasteiger partial charge in [-0.05, 0) is 81.5 Å². The van der Waals surface area contributed by atoms with E-state index in [2.05, 4.69) is 17.0 Å². The topological polar surface area (TPSA) is 29.5 Å². The second-order valence-corrected chi connectivity index (χ2v) is 9.67. The monoisotopic (exact) mass is 403 g/mol. The van der Waals surface area contributed by atoms with Crippen molar-refractivity contribution >= 4 is 5.78 Å². The number of hydrogen-bond acceptors (Lipinski definition) is 3. The van der Waals surface area contributed by atoms with Crippen LogP contribution in [0, 0.1) is 18.8 Å². The van der Waals surface area contributed by atoms with Crippen molar-refractivity contribution in [3.05, 3.63) is 65.2 Å². The molecular formula is C27H33NO2. The van der Waals surface area contributed by atoms with Gasteiger partial charge in [0.15, 0.2) is 12.4 Å². The number of ketones is 1. The van der Waals surface area contributed by atoms with Crippen LogP contribution in [0.25, 0.3) is 0 Å². The summed E-state index contributed by atoms with van der Waals surface area (Å²) in [6.07, 6.45) is 8.25. The highest BCUT2D eigenvalue weighted by atomic mass is 16.5.